The third-order valence-electron chi connectivity index (χ3n) is 3.34. The summed E-state index contributed by atoms with van der Waals surface area (Å²) in [6, 6.07) is 10.0. The number of carbonyl (C=O) groups is 3. The number of esters is 3. The van der Waals surface area contributed by atoms with Crippen molar-refractivity contribution in [3.63, 3.8) is 0 Å². The van der Waals surface area contributed by atoms with Crippen molar-refractivity contribution in [3.8, 4) is 0 Å². The van der Waals surface area contributed by atoms with Crippen molar-refractivity contribution in [2.45, 2.75) is 40.5 Å². The van der Waals surface area contributed by atoms with Crippen molar-refractivity contribution in [1.29, 1.82) is 0 Å². The van der Waals surface area contributed by atoms with E-state index >= 15 is 0 Å². The first-order valence-corrected chi connectivity index (χ1v) is 11.3. The topological polar surface area (TPSA) is 99.1 Å². The lowest BCUT2D eigenvalue weighted by atomic mass is 10.2. The van der Waals surface area contributed by atoms with E-state index in [0.717, 1.165) is 12.8 Å². The van der Waals surface area contributed by atoms with Gasteiger partial charge in [-0.1, -0.05) is 89.9 Å². The Hall–Kier alpha value is -3.45. The van der Waals surface area contributed by atoms with Crippen LogP contribution in [0.3, 0.4) is 0 Å². The lowest BCUT2D eigenvalue weighted by molar-refractivity contribution is -0.140. The minimum absolute atomic E-state index is 0.0473. The first-order chi connectivity index (χ1) is 16.6. The molecule has 0 atom stereocenters. The molecule has 0 saturated heterocycles. The molecular weight excluding hydrogens is 448 g/mol. The molecule has 0 aromatic heterocycles. The van der Waals surface area contributed by atoms with Gasteiger partial charge in [-0.25, -0.2) is 14.4 Å². The average Bonchev–Trinajstić information content (AvgIpc) is 2.87. The fourth-order valence-corrected chi connectivity index (χ4v) is 1.53. The molecule has 0 heterocycles. The number of benzene rings is 1. The van der Waals surface area contributed by atoms with Gasteiger partial charge in [0.2, 0.25) is 0 Å². The summed E-state index contributed by atoms with van der Waals surface area (Å²) >= 11 is 0. The molecule has 0 fully saturated rings. The Bertz CT molecular complexity index is 735. The minimum Gasteiger partial charge on any atom is -0.463 e. The van der Waals surface area contributed by atoms with E-state index in [4.69, 9.17) is 9.84 Å². The van der Waals surface area contributed by atoms with Gasteiger partial charge in [0, 0.05) is 17.7 Å². The predicted octanol–water partition coefficient (Wildman–Crippen LogP) is 5.31. The van der Waals surface area contributed by atoms with Gasteiger partial charge in [0.1, 0.15) is 6.61 Å². The van der Waals surface area contributed by atoms with Gasteiger partial charge in [-0.05, 0) is 24.8 Å². The SMILES string of the molecule is C=C(C)C(=O)OCCO.C=CC(=O)OCC(C)C.C=CC(=O)OCCCC.C=Cc1ccccc1. The van der Waals surface area contributed by atoms with E-state index in [0.29, 0.717) is 24.7 Å². The third kappa shape index (κ3) is 30.5. The van der Waals surface area contributed by atoms with Crippen molar-refractivity contribution in [3.05, 3.63) is 79.9 Å². The van der Waals surface area contributed by atoms with E-state index in [9.17, 15) is 14.4 Å². The summed E-state index contributed by atoms with van der Waals surface area (Å²) in [5, 5.41) is 8.19. The van der Waals surface area contributed by atoms with E-state index in [-0.39, 0.29) is 25.2 Å². The Morgan fingerprint density at radius 3 is 1.86 bits per heavy atom. The molecule has 0 aliphatic heterocycles. The molecule has 1 aromatic carbocycles. The molecule has 0 aliphatic rings. The average molecular weight is 491 g/mol. The summed E-state index contributed by atoms with van der Waals surface area (Å²) in [7, 11) is 0. The Labute approximate surface area is 210 Å². The van der Waals surface area contributed by atoms with Crippen LogP contribution in [0.4, 0.5) is 0 Å². The predicted molar refractivity (Wildman–Crippen MR) is 141 cm³/mol. The number of hydrogen-bond acceptors (Lipinski definition) is 7. The second-order valence-corrected chi connectivity index (χ2v) is 7.21. The molecule has 7 nitrogen and oxygen atoms in total. The Morgan fingerprint density at radius 1 is 0.943 bits per heavy atom. The van der Waals surface area contributed by atoms with Gasteiger partial charge in [-0.3, -0.25) is 0 Å². The van der Waals surface area contributed by atoms with Crippen LogP contribution < -0.4 is 0 Å². The van der Waals surface area contributed by atoms with Gasteiger partial charge in [0.15, 0.2) is 0 Å². The maximum absolute atomic E-state index is 10.5. The zero-order valence-corrected chi connectivity index (χ0v) is 21.7. The van der Waals surface area contributed by atoms with Crippen molar-refractivity contribution in [1.82, 2.24) is 0 Å². The summed E-state index contributed by atoms with van der Waals surface area (Å²) in [6.45, 7) is 22.0. The summed E-state index contributed by atoms with van der Waals surface area (Å²) < 4.78 is 13.8. The second kappa shape index (κ2) is 26.8. The van der Waals surface area contributed by atoms with Crippen LogP contribution in [0.2, 0.25) is 0 Å². The molecule has 0 saturated carbocycles. The zero-order valence-electron chi connectivity index (χ0n) is 21.7. The third-order valence-corrected chi connectivity index (χ3v) is 3.34. The fourth-order valence-electron chi connectivity index (χ4n) is 1.53. The molecule has 196 valence electrons. The molecule has 0 aliphatic carbocycles. The van der Waals surface area contributed by atoms with Gasteiger partial charge < -0.3 is 19.3 Å². The highest BCUT2D eigenvalue weighted by Crippen LogP contribution is 1.97. The Balaban J connectivity index is -0.000000390. The van der Waals surface area contributed by atoms with Crippen molar-refractivity contribution < 1.29 is 33.7 Å². The molecular formula is C28H42O7. The van der Waals surface area contributed by atoms with Gasteiger partial charge in [0.05, 0.1) is 19.8 Å². The van der Waals surface area contributed by atoms with E-state index in [1.807, 2.05) is 57.2 Å². The molecule has 0 radical (unpaired) electrons. The van der Waals surface area contributed by atoms with Crippen molar-refractivity contribution >= 4 is 24.0 Å². The molecule has 0 bridgehead atoms. The Morgan fingerprint density at radius 2 is 1.49 bits per heavy atom. The van der Waals surface area contributed by atoms with Crippen LogP contribution in [0, 0.1) is 5.92 Å². The number of hydrogen-bond donors (Lipinski definition) is 1. The molecule has 1 rings (SSSR count). The van der Waals surface area contributed by atoms with Crippen LogP contribution in [-0.4, -0.2) is 49.4 Å². The fraction of sp³-hybridized carbons (Fsp3) is 0.393. The lowest BCUT2D eigenvalue weighted by Crippen LogP contribution is -2.08. The van der Waals surface area contributed by atoms with Crippen LogP contribution in [0.15, 0.2) is 74.4 Å². The molecule has 35 heavy (non-hydrogen) atoms. The molecule has 0 unspecified atom stereocenters. The van der Waals surface area contributed by atoms with Gasteiger partial charge in [-0.2, -0.15) is 0 Å². The maximum atomic E-state index is 10.5. The first-order valence-electron chi connectivity index (χ1n) is 11.3. The zero-order chi connectivity index (χ0) is 27.5. The minimum atomic E-state index is -0.455. The van der Waals surface area contributed by atoms with E-state index in [2.05, 4.69) is 35.8 Å². The summed E-state index contributed by atoms with van der Waals surface area (Å²) in [5.41, 5.74) is 1.52. The second-order valence-electron chi connectivity index (χ2n) is 7.21. The largest absolute Gasteiger partial charge is 0.463 e. The van der Waals surface area contributed by atoms with Crippen molar-refractivity contribution in [2.75, 3.05) is 26.4 Å². The van der Waals surface area contributed by atoms with Gasteiger partial charge in [-0.15, -0.1) is 0 Å². The standard InChI is InChI=1S/C8H8.2C7H12O2.C6H10O3/c1-2-8-6-4-3-5-7-8;1-4-7(8)9-5-6(2)3;1-3-5-6-9-7(8)4-2;1-5(2)6(8)9-4-3-7/h2-7H,1H2;4,6H,1,5H2,2-3H3;4H,2-3,5-6H2,1H3;7H,1,3-4H2,2H3. The molecule has 1 aromatic rings. The monoisotopic (exact) mass is 490 g/mol. The normalized spacial score (nSPS) is 8.74. The van der Waals surface area contributed by atoms with Crippen LogP contribution in [-0.2, 0) is 28.6 Å². The Kier molecular flexibility index (Phi) is 27.7. The summed E-state index contributed by atoms with van der Waals surface area (Å²) in [5.74, 6) is -0.731. The highest BCUT2D eigenvalue weighted by atomic mass is 16.5. The maximum Gasteiger partial charge on any atom is 0.333 e. The number of unbranched alkanes of at least 4 members (excludes halogenated alkanes) is 1. The van der Waals surface area contributed by atoms with Gasteiger partial charge in [0.25, 0.3) is 0 Å². The van der Waals surface area contributed by atoms with E-state index < -0.39 is 5.97 Å². The number of rotatable bonds is 11. The van der Waals surface area contributed by atoms with E-state index in [1.54, 1.807) is 6.92 Å². The highest BCUT2D eigenvalue weighted by Gasteiger charge is 2.00. The number of carbonyl (C=O) groups excluding carboxylic acids is 3. The smallest absolute Gasteiger partial charge is 0.333 e. The molecule has 0 amide bonds. The lowest BCUT2D eigenvalue weighted by Gasteiger charge is -2.02. The molecule has 0 spiro atoms. The molecule has 1 N–H and O–H groups in total. The van der Waals surface area contributed by atoms with Crippen LogP contribution in [0.1, 0.15) is 46.1 Å². The number of aliphatic hydroxyl groups excluding tert-OH is 1. The summed E-state index contributed by atoms with van der Waals surface area (Å²) in [6.07, 6.45) is 6.15. The molecule has 7 heteroatoms. The van der Waals surface area contributed by atoms with Crippen molar-refractivity contribution in [2.24, 2.45) is 5.92 Å². The summed E-state index contributed by atoms with van der Waals surface area (Å²) in [4.78, 5) is 31.2. The first kappa shape index (κ1) is 36.1. The number of aliphatic hydroxyl groups is 1. The van der Waals surface area contributed by atoms with E-state index in [1.165, 1.54) is 17.7 Å². The van der Waals surface area contributed by atoms with Crippen LogP contribution in [0.25, 0.3) is 6.08 Å². The van der Waals surface area contributed by atoms with Gasteiger partial charge >= 0.3 is 17.9 Å². The van der Waals surface area contributed by atoms with Crippen LogP contribution >= 0.6 is 0 Å². The highest BCUT2D eigenvalue weighted by molar-refractivity contribution is 5.86. The number of ether oxygens (including phenoxy) is 3. The van der Waals surface area contributed by atoms with Crippen LogP contribution in [0.5, 0.6) is 0 Å². The quantitative estimate of drug-likeness (QED) is 0.194.